The average molecular weight is 246 g/mol. The number of ketones is 1. The van der Waals surface area contributed by atoms with Crippen LogP contribution < -0.4 is 4.90 Å². The normalized spacial score (nSPS) is 16.7. The van der Waals surface area contributed by atoms with E-state index in [1.54, 1.807) is 7.05 Å². The van der Waals surface area contributed by atoms with Crippen LogP contribution in [0.1, 0.15) is 44.1 Å². The fourth-order valence-corrected chi connectivity index (χ4v) is 2.27. The summed E-state index contributed by atoms with van der Waals surface area (Å²) in [4.78, 5) is 28.3. The molecular weight excluding hydrogens is 228 g/mol. The highest BCUT2D eigenvalue weighted by Crippen LogP contribution is 2.31. The van der Waals surface area contributed by atoms with E-state index in [0.29, 0.717) is 30.4 Å². The summed E-state index contributed by atoms with van der Waals surface area (Å²) in [6.45, 7) is 1.52. The summed E-state index contributed by atoms with van der Waals surface area (Å²) in [7, 11) is 1.71. The van der Waals surface area contributed by atoms with Crippen molar-refractivity contribution in [1.82, 2.24) is 4.98 Å². The number of rotatable bonds is 2. The first-order valence-corrected chi connectivity index (χ1v) is 6.30. The van der Waals surface area contributed by atoms with Gasteiger partial charge in [0, 0.05) is 33.0 Å². The summed E-state index contributed by atoms with van der Waals surface area (Å²) in [5.74, 6) is 1.44. The lowest BCUT2D eigenvalue weighted by Crippen LogP contribution is -2.23. The van der Waals surface area contributed by atoms with Crippen LogP contribution >= 0.6 is 0 Å². The Hall–Kier alpha value is -1.71. The molecule has 1 heterocycles. The SMILES string of the molecule is CC(=O)N(C)c1ccc(C2CCC(=O)CC2)cn1. The van der Waals surface area contributed by atoms with E-state index in [1.165, 1.54) is 17.4 Å². The Morgan fingerprint density at radius 2 is 2.00 bits per heavy atom. The lowest BCUT2D eigenvalue weighted by atomic mass is 9.84. The Kier molecular flexibility index (Phi) is 3.75. The van der Waals surface area contributed by atoms with Crippen molar-refractivity contribution in [3.05, 3.63) is 23.9 Å². The topological polar surface area (TPSA) is 50.3 Å². The maximum Gasteiger partial charge on any atom is 0.224 e. The number of amides is 1. The second-order valence-corrected chi connectivity index (χ2v) is 4.84. The fourth-order valence-electron chi connectivity index (χ4n) is 2.27. The van der Waals surface area contributed by atoms with E-state index < -0.39 is 0 Å². The van der Waals surface area contributed by atoms with Crippen molar-refractivity contribution in [3.8, 4) is 0 Å². The maximum absolute atomic E-state index is 11.2. The number of nitrogens with zero attached hydrogens (tertiary/aromatic N) is 2. The highest BCUT2D eigenvalue weighted by Gasteiger charge is 2.20. The predicted octanol–water partition coefficient (Wildman–Crippen LogP) is 2.29. The van der Waals surface area contributed by atoms with Gasteiger partial charge in [-0.1, -0.05) is 6.07 Å². The zero-order valence-electron chi connectivity index (χ0n) is 10.8. The molecule has 0 saturated heterocycles. The predicted molar refractivity (Wildman–Crippen MR) is 69.5 cm³/mol. The monoisotopic (exact) mass is 246 g/mol. The zero-order chi connectivity index (χ0) is 13.1. The van der Waals surface area contributed by atoms with Crippen LogP contribution in [0.2, 0.25) is 0 Å². The Bertz CT molecular complexity index is 443. The molecule has 0 N–H and O–H groups in total. The summed E-state index contributed by atoms with van der Waals surface area (Å²) < 4.78 is 0. The molecule has 0 atom stereocenters. The average Bonchev–Trinajstić information content (AvgIpc) is 2.39. The van der Waals surface area contributed by atoms with Crippen LogP contribution in [-0.4, -0.2) is 23.7 Å². The number of hydrogen-bond donors (Lipinski definition) is 0. The van der Waals surface area contributed by atoms with E-state index in [9.17, 15) is 9.59 Å². The molecular formula is C14H18N2O2. The summed E-state index contributed by atoms with van der Waals surface area (Å²) in [5, 5.41) is 0. The second-order valence-electron chi connectivity index (χ2n) is 4.84. The molecule has 1 aliphatic carbocycles. The molecule has 0 aromatic carbocycles. The van der Waals surface area contributed by atoms with Gasteiger partial charge >= 0.3 is 0 Å². The van der Waals surface area contributed by atoms with Crippen LogP contribution in [0, 0.1) is 0 Å². The van der Waals surface area contributed by atoms with E-state index in [4.69, 9.17) is 0 Å². The van der Waals surface area contributed by atoms with Gasteiger partial charge in [-0.2, -0.15) is 0 Å². The molecule has 1 aromatic rings. The minimum atomic E-state index is -0.0292. The Morgan fingerprint density at radius 3 is 2.50 bits per heavy atom. The van der Waals surface area contributed by atoms with Crippen molar-refractivity contribution in [2.45, 2.75) is 38.5 Å². The van der Waals surface area contributed by atoms with E-state index in [2.05, 4.69) is 4.98 Å². The molecule has 1 saturated carbocycles. The molecule has 1 aromatic heterocycles. The van der Waals surface area contributed by atoms with Crippen LogP contribution in [0.15, 0.2) is 18.3 Å². The number of carbonyl (C=O) groups excluding carboxylic acids is 2. The van der Waals surface area contributed by atoms with Crippen LogP contribution in [0.3, 0.4) is 0 Å². The highest BCUT2D eigenvalue weighted by molar-refractivity contribution is 5.89. The van der Waals surface area contributed by atoms with Gasteiger partial charge in [0.2, 0.25) is 5.91 Å². The van der Waals surface area contributed by atoms with Crippen LogP contribution in [0.4, 0.5) is 5.82 Å². The molecule has 0 radical (unpaired) electrons. The van der Waals surface area contributed by atoms with Crippen molar-refractivity contribution >= 4 is 17.5 Å². The molecule has 1 amide bonds. The van der Waals surface area contributed by atoms with Gasteiger partial charge in [-0.05, 0) is 30.4 Å². The molecule has 1 fully saturated rings. The van der Waals surface area contributed by atoms with Crippen LogP contribution in [0.5, 0.6) is 0 Å². The van der Waals surface area contributed by atoms with Crippen LogP contribution in [-0.2, 0) is 9.59 Å². The molecule has 0 bridgehead atoms. The third kappa shape index (κ3) is 2.75. The number of anilines is 1. The fraction of sp³-hybridized carbons (Fsp3) is 0.500. The van der Waals surface area contributed by atoms with Gasteiger partial charge in [0.05, 0.1) is 0 Å². The van der Waals surface area contributed by atoms with E-state index >= 15 is 0 Å². The van der Waals surface area contributed by atoms with Gasteiger partial charge < -0.3 is 4.90 Å². The molecule has 4 heteroatoms. The number of hydrogen-bond acceptors (Lipinski definition) is 3. The standard InChI is InChI=1S/C14H18N2O2/c1-10(17)16(2)14-8-5-12(9-15-14)11-3-6-13(18)7-4-11/h5,8-9,11H,3-4,6-7H2,1-2H3. The third-order valence-corrected chi connectivity index (χ3v) is 3.60. The zero-order valence-corrected chi connectivity index (χ0v) is 10.8. The minimum Gasteiger partial charge on any atom is -0.300 e. The molecule has 1 aliphatic rings. The minimum absolute atomic E-state index is 0.0292. The first-order chi connectivity index (χ1) is 8.58. The van der Waals surface area contributed by atoms with E-state index in [-0.39, 0.29) is 5.91 Å². The van der Waals surface area contributed by atoms with Crippen molar-refractivity contribution in [2.75, 3.05) is 11.9 Å². The quantitative estimate of drug-likeness (QED) is 0.804. The Labute approximate surface area is 107 Å². The number of pyridine rings is 1. The van der Waals surface area contributed by atoms with Gasteiger partial charge in [-0.15, -0.1) is 0 Å². The molecule has 96 valence electrons. The first kappa shape index (κ1) is 12.7. The van der Waals surface area contributed by atoms with Gasteiger partial charge in [0.15, 0.2) is 0 Å². The Balaban J connectivity index is 2.08. The van der Waals surface area contributed by atoms with Gasteiger partial charge in [-0.3, -0.25) is 9.59 Å². The molecule has 18 heavy (non-hydrogen) atoms. The molecule has 0 spiro atoms. The second kappa shape index (κ2) is 5.29. The van der Waals surface area contributed by atoms with E-state index in [0.717, 1.165) is 12.8 Å². The molecule has 0 unspecified atom stereocenters. The van der Waals surface area contributed by atoms with Crippen LogP contribution in [0.25, 0.3) is 0 Å². The Morgan fingerprint density at radius 1 is 1.33 bits per heavy atom. The van der Waals surface area contributed by atoms with Crippen molar-refractivity contribution in [1.29, 1.82) is 0 Å². The first-order valence-electron chi connectivity index (χ1n) is 6.30. The lowest BCUT2D eigenvalue weighted by Gasteiger charge is -2.21. The third-order valence-electron chi connectivity index (χ3n) is 3.60. The summed E-state index contributed by atoms with van der Waals surface area (Å²) in [6, 6.07) is 3.88. The largest absolute Gasteiger partial charge is 0.300 e. The van der Waals surface area contributed by atoms with Crippen molar-refractivity contribution in [3.63, 3.8) is 0 Å². The smallest absolute Gasteiger partial charge is 0.224 e. The maximum atomic E-state index is 11.2. The summed E-state index contributed by atoms with van der Waals surface area (Å²) in [5.41, 5.74) is 1.17. The molecule has 4 nitrogen and oxygen atoms in total. The highest BCUT2D eigenvalue weighted by atomic mass is 16.2. The van der Waals surface area contributed by atoms with Gasteiger partial charge in [0.25, 0.3) is 0 Å². The molecule has 2 rings (SSSR count). The lowest BCUT2D eigenvalue weighted by molar-refractivity contribution is -0.120. The van der Waals surface area contributed by atoms with Gasteiger partial charge in [-0.25, -0.2) is 4.98 Å². The summed E-state index contributed by atoms with van der Waals surface area (Å²) in [6.07, 6.45) is 5.03. The number of carbonyl (C=O) groups is 2. The van der Waals surface area contributed by atoms with Crippen molar-refractivity contribution in [2.24, 2.45) is 0 Å². The van der Waals surface area contributed by atoms with Gasteiger partial charge in [0.1, 0.15) is 11.6 Å². The van der Waals surface area contributed by atoms with Crippen molar-refractivity contribution < 1.29 is 9.59 Å². The summed E-state index contributed by atoms with van der Waals surface area (Å²) >= 11 is 0. The number of aromatic nitrogens is 1. The number of Topliss-reactive ketones (excluding diaryl/α,β-unsaturated/α-hetero) is 1. The molecule has 0 aliphatic heterocycles. The van der Waals surface area contributed by atoms with E-state index in [1.807, 2.05) is 18.3 Å².